The van der Waals surface area contributed by atoms with Crippen molar-refractivity contribution in [2.75, 3.05) is 20.3 Å². The van der Waals surface area contributed by atoms with Gasteiger partial charge in [-0.15, -0.1) is 0 Å². The van der Waals surface area contributed by atoms with Gasteiger partial charge in [-0.05, 0) is 12.1 Å². The maximum absolute atomic E-state index is 11.5. The highest BCUT2D eigenvalue weighted by molar-refractivity contribution is 5.77. The van der Waals surface area contributed by atoms with Gasteiger partial charge < -0.3 is 19.9 Å². The Labute approximate surface area is 111 Å². The number of carbonyl (C=O) groups is 2. The lowest BCUT2D eigenvalue weighted by molar-refractivity contribution is -0.140. The third-order valence-corrected chi connectivity index (χ3v) is 2.38. The standard InChI is InChI=1S/C13H17NO5/c1-18-11(7-13(16)17)8-14-12(15)9-19-10-5-3-2-4-6-10/h2-6,11H,7-9H2,1H3,(H,14,15)(H,16,17). The summed E-state index contributed by atoms with van der Waals surface area (Å²) in [6, 6.07) is 8.95. The zero-order valence-corrected chi connectivity index (χ0v) is 10.7. The van der Waals surface area contributed by atoms with E-state index in [-0.39, 0.29) is 25.5 Å². The molecule has 6 nitrogen and oxygen atoms in total. The van der Waals surface area contributed by atoms with Crippen molar-refractivity contribution < 1.29 is 24.2 Å². The number of hydrogen-bond donors (Lipinski definition) is 2. The molecule has 0 aliphatic heterocycles. The van der Waals surface area contributed by atoms with E-state index in [0.717, 1.165) is 0 Å². The first-order chi connectivity index (χ1) is 9.11. The van der Waals surface area contributed by atoms with Crippen LogP contribution in [-0.4, -0.2) is 43.3 Å². The second-order valence-electron chi connectivity index (χ2n) is 3.86. The molecule has 19 heavy (non-hydrogen) atoms. The van der Waals surface area contributed by atoms with E-state index in [4.69, 9.17) is 14.6 Å². The molecule has 1 aromatic rings. The number of aliphatic carboxylic acids is 1. The fourth-order valence-corrected chi connectivity index (χ4v) is 1.38. The van der Waals surface area contributed by atoms with Crippen molar-refractivity contribution in [3.63, 3.8) is 0 Å². The molecule has 1 amide bonds. The van der Waals surface area contributed by atoms with Gasteiger partial charge in [-0.2, -0.15) is 0 Å². The summed E-state index contributed by atoms with van der Waals surface area (Å²) in [5.74, 6) is -0.690. The van der Waals surface area contributed by atoms with Crippen LogP contribution < -0.4 is 10.1 Å². The van der Waals surface area contributed by atoms with Crippen LogP contribution in [0.2, 0.25) is 0 Å². The average Bonchev–Trinajstić information content (AvgIpc) is 2.42. The minimum atomic E-state index is -0.971. The predicted molar refractivity (Wildman–Crippen MR) is 68.0 cm³/mol. The highest BCUT2D eigenvalue weighted by Gasteiger charge is 2.13. The van der Waals surface area contributed by atoms with E-state index < -0.39 is 12.1 Å². The zero-order valence-electron chi connectivity index (χ0n) is 10.7. The van der Waals surface area contributed by atoms with Crippen molar-refractivity contribution in [3.8, 4) is 5.75 Å². The third-order valence-electron chi connectivity index (χ3n) is 2.38. The minimum absolute atomic E-state index is 0.118. The molecule has 0 radical (unpaired) electrons. The molecule has 1 unspecified atom stereocenters. The molecule has 0 saturated heterocycles. The number of nitrogens with one attached hydrogen (secondary N) is 1. The molecule has 1 atom stereocenters. The SMILES string of the molecule is COC(CNC(=O)COc1ccccc1)CC(=O)O. The summed E-state index contributed by atoms with van der Waals surface area (Å²) in [5, 5.41) is 11.2. The number of rotatable bonds is 8. The van der Waals surface area contributed by atoms with Crippen molar-refractivity contribution >= 4 is 11.9 Å². The monoisotopic (exact) mass is 267 g/mol. The maximum Gasteiger partial charge on any atom is 0.306 e. The number of para-hydroxylation sites is 1. The summed E-state index contributed by atoms with van der Waals surface area (Å²) in [6.07, 6.45) is -0.700. The van der Waals surface area contributed by atoms with Crippen molar-refractivity contribution in [1.29, 1.82) is 0 Å². The lowest BCUT2D eigenvalue weighted by Gasteiger charge is -2.14. The van der Waals surface area contributed by atoms with Gasteiger partial charge in [0, 0.05) is 13.7 Å². The van der Waals surface area contributed by atoms with Crippen LogP contribution in [0.5, 0.6) is 5.75 Å². The molecule has 2 N–H and O–H groups in total. The summed E-state index contributed by atoms with van der Waals surface area (Å²) < 4.78 is 10.2. The van der Waals surface area contributed by atoms with E-state index in [0.29, 0.717) is 5.75 Å². The van der Waals surface area contributed by atoms with Gasteiger partial charge in [-0.25, -0.2) is 0 Å². The van der Waals surface area contributed by atoms with E-state index in [1.165, 1.54) is 7.11 Å². The quantitative estimate of drug-likeness (QED) is 0.723. The molecule has 0 saturated carbocycles. The summed E-state index contributed by atoms with van der Waals surface area (Å²) in [7, 11) is 1.40. The first kappa shape index (κ1) is 15.0. The molecular formula is C13H17NO5. The van der Waals surface area contributed by atoms with Gasteiger partial charge in [-0.1, -0.05) is 18.2 Å². The molecule has 6 heteroatoms. The van der Waals surface area contributed by atoms with Crippen LogP contribution in [0.25, 0.3) is 0 Å². The Hall–Kier alpha value is -2.08. The van der Waals surface area contributed by atoms with E-state index >= 15 is 0 Å². The number of carboxylic acid groups (broad SMARTS) is 1. The summed E-state index contributed by atoms with van der Waals surface area (Å²) in [5.41, 5.74) is 0. The van der Waals surface area contributed by atoms with Gasteiger partial charge in [0.25, 0.3) is 5.91 Å². The number of methoxy groups -OCH3 is 1. The Morgan fingerprint density at radius 3 is 2.58 bits per heavy atom. The van der Waals surface area contributed by atoms with Gasteiger partial charge in [0.1, 0.15) is 5.75 Å². The van der Waals surface area contributed by atoms with Crippen molar-refractivity contribution in [3.05, 3.63) is 30.3 Å². The zero-order chi connectivity index (χ0) is 14.1. The lowest BCUT2D eigenvalue weighted by atomic mass is 10.2. The second kappa shape index (κ2) is 8.10. The third kappa shape index (κ3) is 6.42. The van der Waals surface area contributed by atoms with Crippen LogP contribution in [0.4, 0.5) is 0 Å². The first-order valence-electron chi connectivity index (χ1n) is 5.81. The maximum atomic E-state index is 11.5. The Morgan fingerprint density at radius 1 is 1.32 bits per heavy atom. The van der Waals surface area contributed by atoms with Crippen LogP contribution >= 0.6 is 0 Å². The molecule has 104 valence electrons. The molecule has 0 bridgehead atoms. The van der Waals surface area contributed by atoms with E-state index in [9.17, 15) is 9.59 Å². The predicted octanol–water partition coefficient (Wildman–Crippen LogP) is 0.671. The molecule has 1 rings (SSSR count). The summed E-state index contributed by atoms with van der Waals surface area (Å²) >= 11 is 0. The molecule has 0 aliphatic carbocycles. The smallest absolute Gasteiger partial charge is 0.306 e. The van der Waals surface area contributed by atoms with Gasteiger partial charge in [0.15, 0.2) is 6.61 Å². The number of amides is 1. The fraction of sp³-hybridized carbons (Fsp3) is 0.385. The second-order valence-corrected chi connectivity index (χ2v) is 3.86. The van der Waals surface area contributed by atoms with Crippen LogP contribution in [0.15, 0.2) is 30.3 Å². The molecule has 0 spiro atoms. The summed E-state index contributed by atoms with van der Waals surface area (Å²) in [6.45, 7) is 0.0211. The fourth-order valence-electron chi connectivity index (χ4n) is 1.38. The first-order valence-corrected chi connectivity index (χ1v) is 5.81. The average molecular weight is 267 g/mol. The number of benzene rings is 1. The van der Waals surface area contributed by atoms with Gasteiger partial charge in [-0.3, -0.25) is 9.59 Å². The van der Waals surface area contributed by atoms with E-state index in [2.05, 4.69) is 5.32 Å². The highest BCUT2D eigenvalue weighted by Crippen LogP contribution is 2.07. The Bertz CT molecular complexity index is 407. The molecule has 0 aromatic heterocycles. The van der Waals surface area contributed by atoms with Gasteiger partial charge in [0.2, 0.25) is 0 Å². The van der Waals surface area contributed by atoms with Crippen molar-refractivity contribution in [2.45, 2.75) is 12.5 Å². The topological polar surface area (TPSA) is 84.9 Å². The van der Waals surface area contributed by atoms with Crippen molar-refractivity contribution in [2.24, 2.45) is 0 Å². The molecule has 0 fully saturated rings. The Balaban J connectivity index is 2.25. The van der Waals surface area contributed by atoms with Gasteiger partial charge >= 0.3 is 5.97 Å². The molecule has 0 heterocycles. The van der Waals surface area contributed by atoms with Gasteiger partial charge in [0.05, 0.1) is 12.5 Å². The largest absolute Gasteiger partial charge is 0.484 e. The molecule has 0 aliphatic rings. The Kier molecular flexibility index (Phi) is 6.38. The van der Waals surface area contributed by atoms with Crippen molar-refractivity contribution in [1.82, 2.24) is 5.32 Å². The van der Waals surface area contributed by atoms with E-state index in [1.54, 1.807) is 24.3 Å². The minimum Gasteiger partial charge on any atom is -0.484 e. The number of hydrogen-bond acceptors (Lipinski definition) is 4. The molecular weight excluding hydrogens is 250 g/mol. The molecule has 1 aromatic carbocycles. The van der Waals surface area contributed by atoms with Crippen LogP contribution in [-0.2, 0) is 14.3 Å². The summed E-state index contributed by atoms with van der Waals surface area (Å²) in [4.78, 5) is 22.0. The van der Waals surface area contributed by atoms with Crippen LogP contribution in [0.1, 0.15) is 6.42 Å². The normalized spacial score (nSPS) is 11.6. The number of ether oxygens (including phenoxy) is 2. The highest BCUT2D eigenvalue weighted by atomic mass is 16.5. The van der Waals surface area contributed by atoms with Crippen LogP contribution in [0.3, 0.4) is 0 Å². The number of carboxylic acids is 1. The van der Waals surface area contributed by atoms with E-state index in [1.807, 2.05) is 6.07 Å². The Morgan fingerprint density at radius 2 is 2.00 bits per heavy atom. The lowest BCUT2D eigenvalue weighted by Crippen LogP contribution is -2.37. The number of carbonyl (C=O) groups excluding carboxylic acids is 1. The van der Waals surface area contributed by atoms with Crippen LogP contribution in [0, 0.1) is 0 Å².